The van der Waals surface area contributed by atoms with E-state index < -0.39 is 0 Å². The Morgan fingerprint density at radius 1 is 1.21 bits per heavy atom. The minimum Gasteiger partial charge on any atom is -0.322 e. The van der Waals surface area contributed by atoms with Gasteiger partial charge in [0.15, 0.2) is 0 Å². The number of carbonyl (C=O) groups is 1. The molecule has 2 heterocycles. The van der Waals surface area contributed by atoms with Gasteiger partial charge in [0, 0.05) is 36.7 Å². The van der Waals surface area contributed by atoms with Gasteiger partial charge in [0.2, 0.25) is 0 Å². The number of nitrogens with zero attached hydrogens (tertiary/aromatic N) is 2. The lowest BCUT2D eigenvalue weighted by Crippen LogP contribution is -2.36. The number of hydrogen-bond acceptors (Lipinski definition) is 4. The van der Waals surface area contributed by atoms with Crippen LogP contribution in [0.4, 0.5) is 5.69 Å². The van der Waals surface area contributed by atoms with Crippen LogP contribution in [0.5, 0.6) is 0 Å². The summed E-state index contributed by atoms with van der Waals surface area (Å²) in [5, 5.41) is 6.02. The van der Waals surface area contributed by atoms with Crippen LogP contribution < -0.4 is 10.6 Å². The van der Waals surface area contributed by atoms with E-state index in [1.807, 2.05) is 25.1 Å². The summed E-state index contributed by atoms with van der Waals surface area (Å²) >= 11 is 0. The summed E-state index contributed by atoms with van der Waals surface area (Å²) in [5.41, 5.74) is 4.29. The molecular formula is C14H14N4O. The number of carbonyl (C=O) groups excluding carboxylic acids is 1. The van der Waals surface area contributed by atoms with Gasteiger partial charge in [0.05, 0.1) is 11.0 Å². The second-order valence-corrected chi connectivity index (χ2v) is 4.55. The van der Waals surface area contributed by atoms with Crippen LogP contribution in [0.25, 0.3) is 11.0 Å². The van der Waals surface area contributed by atoms with E-state index in [-0.39, 0.29) is 5.91 Å². The zero-order valence-electron chi connectivity index (χ0n) is 10.6. The van der Waals surface area contributed by atoms with Crippen molar-refractivity contribution < 1.29 is 4.79 Å². The number of rotatable bonds is 2. The first kappa shape index (κ1) is 11.8. The molecule has 96 valence electrons. The smallest absolute Gasteiger partial charge is 0.251 e. The zero-order chi connectivity index (χ0) is 13.2. The first-order valence-electron chi connectivity index (χ1n) is 6.15. The van der Waals surface area contributed by atoms with Crippen LogP contribution in [0, 0.1) is 0 Å². The minimum atomic E-state index is -0.0558. The topological polar surface area (TPSA) is 66.9 Å². The Kier molecular flexibility index (Phi) is 2.97. The monoisotopic (exact) mass is 254 g/mol. The molecule has 0 saturated carbocycles. The highest BCUT2D eigenvalue weighted by Gasteiger charge is 2.16. The van der Waals surface area contributed by atoms with Gasteiger partial charge in [-0.1, -0.05) is 0 Å². The maximum absolute atomic E-state index is 12.0. The molecule has 0 bridgehead atoms. The summed E-state index contributed by atoms with van der Waals surface area (Å²) in [4.78, 5) is 20.5. The third kappa shape index (κ3) is 2.32. The Morgan fingerprint density at radius 2 is 1.95 bits per heavy atom. The van der Waals surface area contributed by atoms with Gasteiger partial charge in [0.1, 0.15) is 0 Å². The standard InChI is InChI=1S/C14H14N4O/c1-9(10-7-15-8-10)14(19)18-11-2-3-12-13(6-11)17-5-4-16-12/h2-6,15H,7-8H2,1H3,(H,18,19). The molecule has 1 aromatic carbocycles. The Morgan fingerprint density at radius 3 is 2.63 bits per heavy atom. The normalized spacial score (nSPS) is 14.1. The number of nitrogens with one attached hydrogen (secondary N) is 2. The lowest BCUT2D eigenvalue weighted by Gasteiger charge is -2.21. The van der Waals surface area contributed by atoms with Crippen molar-refractivity contribution in [3.63, 3.8) is 0 Å². The fraction of sp³-hybridized carbons (Fsp3) is 0.214. The van der Waals surface area contributed by atoms with Crippen LogP contribution in [0.1, 0.15) is 6.92 Å². The Bertz CT molecular complexity index is 672. The van der Waals surface area contributed by atoms with Crippen LogP contribution in [-0.2, 0) is 4.79 Å². The van der Waals surface area contributed by atoms with Crippen molar-refractivity contribution in [1.82, 2.24) is 15.3 Å². The molecule has 0 radical (unpaired) electrons. The van der Waals surface area contributed by atoms with E-state index in [0.29, 0.717) is 0 Å². The van der Waals surface area contributed by atoms with E-state index in [4.69, 9.17) is 0 Å². The number of anilines is 1. The summed E-state index contributed by atoms with van der Waals surface area (Å²) in [5.74, 6) is -0.0558. The summed E-state index contributed by atoms with van der Waals surface area (Å²) < 4.78 is 0. The third-order valence-electron chi connectivity index (χ3n) is 3.27. The van der Waals surface area contributed by atoms with E-state index in [9.17, 15) is 4.79 Å². The van der Waals surface area contributed by atoms with Gasteiger partial charge in [-0.15, -0.1) is 0 Å². The molecule has 0 aliphatic carbocycles. The van der Waals surface area contributed by atoms with Crippen LogP contribution >= 0.6 is 0 Å². The molecule has 1 saturated heterocycles. The molecule has 0 spiro atoms. The van der Waals surface area contributed by atoms with E-state index in [0.717, 1.165) is 41.0 Å². The molecule has 0 atom stereocenters. The van der Waals surface area contributed by atoms with Crippen molar-refractivity contribution in [3.8, 4) is 0 Å². The van der Waals surface area contributed by atoms with Crippen molar-refractivity contribution in [1.29, 1.82) is 0 Å². The Balaban J connectivity index is 1.83. The molecule has 5 nitrogen and oxygen atoms in total. The first-order valence-corrected chi connectivity index (χ1v) is 6.15. The van der Waals surface area contributed by atoms with Crippen molar-refractivity contribution in [3.05, 3.63) is 41.7 Å². The molecule has 2 N–H and O–H groups in total. The second kappa shape index (κ2) is 4.78. The van der Waals surface area contributed by atoms with Crippen LogP contribution in [0.15, 0.2) is 41.7 Å². The SMILES string of the molecule is CC(C(=O)Nc1ccc2nccnc2c1)=C1CNC1. The highest BCUT2D eigenvalue weighted by Crippen LogP contribution is 2.17. The largest absolute Gasteiger partial charge is 0.322 e. The predicted octanol–water partition coefficient (Wildman–Crippen LogP) is 1.49. The van der Waals surface area contributed by atoms with Gasteiger partial charge < -0.3 is 10.6 Å². The van der Waals surface area contributed by atoms with Gasteiger partial charge in [-0.25, -0.2) is 0 Å². The first-order chi connectivity index (χ1) is 9.24. The molecule has 1 aromatic heterocycles. The third-order valence-corrected chi connectivity index (χ3v) is 3.27. The van der Waals surface area contributed by atoms with Crippen molar-refractivity contribution in [2.45, 2.75) is 6.92 Å². The van der Waals surface area contributed by atoms with Crippen LogP contribution in [-0.4, -0.2) is 29.0 Å². The van der Waals surface area contributed by atoms with Gasteiger partial charge in [-0.3, -0.25) is 14.8 Å². The number of benzene rings is 1. The average molecular weight is 254 g/mol. The summed E-state index contributed by atoms with van der Waals surface area (Å²) in [6.45, 7) is 3.47. The van der Waals surface area contributed by atoms with Crippen molar-refractivity contribution in [2.75, 3.05) is 18.4 Å². The molecule has 5 heteroatoms. The second-order valence-electron chi connectivity index (χ2n) is 4.55. The lowest BCUT2D eigenvalue weighted by molar-refractivity contribution is -0.112. The van der Waals surface area contributed by atoms with Crippen molar-refractivity contribution >= 4 is 22.6 Å². The van der Waals surface area contributed by atoms with E-state index >= 15 is 0 Å². The number of aromatic nitrogens is 2. The zero-order valence-corrected chi connectivity index (χ0v) is 10.6. The highest BCUT2D eigenvalue weighted by atomic mass is 16.1. The van der Waals surface area contributed by atoms with Gasteiger partial charge in [-0.05, 0) is 30.7 Å². The van der Waals surface area contributed by atoms with E-state index in [1.54, 1.807) is 12.4 Å². The lowest BCUT2D eigenvalue weighted by atomic mass is 10.0. The number of fused-ring (bicyclic) bond motifs is 1. The van der Waals surface area contributed by atoms with Gasteiger partial charge >= 0.3 is 0 Å². The summed E-state index contributed by atoms with van der Waals surface area (Å²) in [7, 11) is 0. The molecule has 19 heavy (non-hydrogen) atoms. The molecule has 1 fully saturated rings. The maximum atomic E-state index is 12.0. The Labute approximate surface area is 110 Å². The fourth-order valence-electron chi connectivity index (χ4n) is 1.94. The van der Waals surface area contributed by atoms with E-state index in [2.05, 4.69) is 20.6 Å². The minimum absolute atomic E-state index is 0.0558. The number of hydrogen-bond donors (Lipinski definition) is 2. The predicted molar refractivity (Wildman–Crippen MR) is 73.7 cm³/mol. The summed E-state index contributed by atoms with van der Waals surface area (Å²) in [6.07, 6.45) is 3.29. The van der Waals surface area contributed by atoms with Crippen LogP contribution in [0.2, 0.25) is 0 Å². The van der Waals surface area contributed by atoms with Crippen molar-refractivity contribution in [2.24, 2.45) is 0 Å². The van der Waals surface area contributed by atoms with Gasteiger partial charge in [-0.2, -0.15) is 0 Å². The molecule has 1 amide bonds. The maximum Gasteiger partial charge on any atom is 0.251 e. The Hall–Kier alpha value is -2.27. The average Bonchev–Trinajstić information content (AvgIpc) is 2.36. The van der Waals surface area contributed by atoms with E-state index in [1.165, 1.54) is 0 Å². The fourth-order valence-corrected chi connectivity index (χ4v) is 1.94. The molecular weight excluding hydrogens is 240 g/mol. The molecule has 3 rings (SSSR count). The molecule has 0 unspecified atom stereocenters. The highest BCUT2D eigenvalue weighted by molar-refractivity contribution is 6.04. The van der Waals surface area contributed by atoms with Crippen LogP contribution in [0.3, 0.4) is 0 Å². The molecule has 2 aromatic rings. The van der Waals surface area contributed by atoms with Gasteiger partial charge in [0.25, 0.3) is 5.91 Å². The molecule has 1 aliphatic heterocycles. The summed E-state index contributed by atoms with van der Waals surface area (Å²) in [6, 6.07) is 5.52. The quantitative estimate of drug-likeness (QED) is 0.797. The molecule has 1 aliphatic rings. The number of amides is 1.